The number of nitrogens with one attached hydrogen (secondary N) is 2. The maximum absolute atomic E-state index is 12.1. The Balaban J connectivity index is 0.00000242. The van der Waals surface area contributed by atoms with Crippen LogP contribution in [0.5, 0.6) is 0 Å². The molecule has 1 atom stereocenters. The highest BCUT2D eigenvalue weighted by Gasteiger charge is 2.22. The molecule has 1 saturated heterocycles. The summed E-state index contributed by atoms with van der Waals surface area (Å²) in [7, 11) is 0. The Hall–Kier alpha value is -1.86. The second-order valence-corrected chi connectivity index (χ2v) is 5.09. The first-order valence-corrected chi connectivity index (χ1v) is 7.07. The van der Waals surface area contributed by atoms with Crippen LogP contribution in [0.1, 0.15) is 13.3 Å². The third kappa shape index (κ3) is 4.57. The predicted octanol–water partition coefficient (Wildman–Crippen LogP) is 1.64. The Labute approximate surface area is 135 Å². The Morgan fingerprint density at radius 2 is 2.23 bits per heavy atom. The van der Waals surface area contributed by atoms with Crippen LogP contribution in [-0.4, -0.2) is 48.0 Å². The van der Waals surface area contributed by atoms with Crippen LogP contribution in [0.4, 0.5) is 11.4 Å². The molecule has 0 spiro atoms. The summed E-state index contributed by atoms with van der Waals surface area (Å²) in [5, 5.41) is 17.1. The summed E-state index contributed by atoms with van der Waals surface area (Å²) in [6.45, 7) is 4.74. The molecule has 2 rings (SSSR count). The van der Waals surface area contributed by atoms with Crippen molar-refractivity contribution in [2.75, 3.05) is 31.5 Å². The lowest BCUT2D eigenvalue weighted by Gasteiger charge is -2.34. The molecule has 1 heterocycles. The fourth-order valence-electron chi connectivity index (χ4n) is 2.44. The molecule has 0 unspecified atom stereocenters. The number of hydrogen-bond donors (Lipinski definition) is 2. The maximum atomic E-state index is 12.1. The zero-order chi connectivity index (χ0) is 15.2. The number of carbonyl (C=O) groups is 1. The molecule has 1 aromatic rings. The lowest BCUT2D eigenvalue weighted by molar-refractivity contribution is -0.384. The molecule has 0 aromatic heterocycles. The van der Waals surface area contributed by atoms with E-state index in [0.29, 0.717) is 25.2 Å². The van der Waals surface area contributed by atoms with Gasteiger partial charge < -0.3 is 15.5 Å². The van der Waals surface area contributed by atoms with Crippen LogP contribution in [0.25, 0.3) is 0 Å². The molecule has 1 aliphatic heterocycles. The van der Waals surface area contributed by atoms with Crippen LogP contribution in [0, 0.1) is 10.1 Å². The minimum atomic E-state index is -0.428. The van der Waals surface area contributed by atoms with Crippen LogP contribution in [0.3, 0.4) is 0 Å². The first-order valence-electron chi connectivity index (χ1n) is 7.07. The summed E-state index contributed by atoms with van der Waals surface area (Å²) in [6.07, 6.45) is 0.330. The maximum Gasteiger partial charge on any atom is 0.292 e. The van der Waals surface area contributed by atoms with Gasteiger partial charge in [0.1, 0.15) is 5.69 Å². The smallest absolute Gasteiger partial charge is 0.292 e. The number of para-hydroxylation sites is 2. The first-order chi connectivity index (χ1) is 10.1. The first kappa shape index (κ1) is 18.2. The highest BCUT2D eigenvalue weighted by molar-refractivity contribution is 5.85. The topological polar surface area (TPSA) is 87.5 Å². The Morgan fingerprint density at radius 3 is 2.91 bits per heavy atom. The number of halogens is 1. The summed E-state index contributed by atoms with van der Waals surface area (Å²) < 4.78 is 0. The molecule has 0 aliphatic carbocycles. The van der Waals surface area contributed by atoms with Crippen molar-refractivity contribution in [1.29, 1.82) is 0 Å². The monoisotopic (exact) mass is 328 g/mol. The van der Waals surface area contributed by atoms with Crippen molar-refractivity contribution < 1.29 is 9.72 Å². The summed E-state index contributed by atoms with van der Waals surface area (Å²) >= 11 is 0. The second-order valence-electron chi connectivity index (χ2n) is 5.09. The zero-order valence-electron chi connectivity index (χ0n) is 12.4. The largest absolute Gasteiger partial charge is 0.379 e. The molecule has 0 bridgehead atoms. The molecule has 122 valence electrons. The Kier molecular flexibility index (Phi) is 7.07. The lowest BCUT2D eigenvalue weighted by Crippen LogP contribution is -2.52. The van der Waals surface area contributed by atoms with Gasteiger partial charge in [-0.15, -0.1) is 12.4 Å². The average molecular weight is 329 g/mol. The Morgan fingerprint density at radius 1 is 1.50 bits per heavy atom. The van der Waals surface area contributed by atoms with E-state index in [9.17, 15) is 14.9 Å². The van der Waals surface area contributed by atoms with Gasteiger partial charge in [0, 0.05) is 44.7 Å². The molecular weight excluding hydrogens is 308 g/mol. The van der Waals surface area contributed by atoms with Crippen LogP contribution < -0.4 is 10.6 Å². The van der Waals surface area contributed by atoms with Gasteiger partial charge in [0.2, 0.25) is 5.91 Å². The quantitative estimate of drug-likeness (QED) is 0.633. The van der Waals surface area contributed by atoms with Gasteiger partial charge in [-0.05, 0) is 13.0 Å². The number of benzene rings is 1. The highest BCUT2D eigenvalue weighted by atomic mass is 35.5. The third-order valence-electron chi connectivity index (χ3n) is 3.58. The van der Waals surface area contributed by atoms with Gasteiger partial charge in [-0.3, -0.25) is 14.9 Å². The van der Waals surface area contributed by atoms with E-state index in [1.54, 1.807) is 18.2 Å². The van der Waals surface area contributed by atoms with Gasteiger partial charge in [-0.25, -0.2) is 0 Å². The van der Waals surface area contributed by atoms with Crippen molar-refractivity contribution in [1.82, 2.24) is 10.2 Å². The molecule has 1 aromatic carbocycles. The van der Waals surface area contributed by atoms with Crippen molar-refractivity contribution in [3.05, 3.63) is 34.4 Å². The van der Waals surface area contributed by atoms with Gasteiger partial charge in [0.25, 0.3) is 5.69 Å². The van der Waals surface area contributed by atoms with E-state index in [0.717, 1.165) is 13.1 Å². The lowest BCUT2D eigenvalue weighted by atomic mass is 10.2. The van der Waals surface area contributed by atoms with Gasteiger partial charge in [0.15, 0.2) is 0 Å². The number of rotatable bonds is 5. The summed E-state index contributed by atoms with van der Waals surface area (Å²) in [5.74, 6) is 0.0788. The summed E-state index contributed by atoms with van der Waals surface area (Å²) in [4.78, 5) is 24.5. The molecule has 1 amide bonds. The number of piperazine rings is 1. The van der Waals surface area contributed by atoms with E-state index >= 15 is 0 Å². The third-order valence-corrected chi connectivity index (χ3v) is 3.58. The van der Waals surface area contributed by atoms with E-state index < -0.39 is 4.92 Å². The molecule has 1 fully saturated rings. The van der Waals surface area contributed by atoms with Gasteiger partial charge >= 0.3 is 0 Å². The standard InChI is InChI=1S/C14H20N4O3.ClH/c1-11-10-15-8-9-17(11)14(19)6-7-16-12-4-2-3-5-13(12)18(20)21;/h2-5,11,15-16H,6-10H2,1H3;1H/t11-;/m1./s1. The van der Waals surface area contributed by atoms with Crippen molar-refractivity contribution in [3.63, 3.8) is 0 Å². The molecular formula is C14H21ClN4O3. The molecule has 8 heteroatoms. The van der Waals surface area contributed by atoms with E-state index in [1.165, 1.54) is 6.07 Å². The number of nitro benzene ring substituents is 1. The van der Waals surface area contributed by atoms with Gasteiger partial charge in [-0.1, -0.05) is 12.1 Å². The molecule has 0 saturated carbocycles. The predicted molar refractivity (Wildman–Crippen MR) is 87.5 cm³/mol. The number of nitrogens with zero attached hydrogens (tertiary/aromatic N) is 2. The van der Waals surface area contributed by atoms with Gasteiger partial charge in [0.05, 0.1) is 4.92 Å². The number of anilines is 1. The minimum absolute atomic E-state index is 0. The van der Waals surface area contributed by atoms with Crippen LogP contribution >= 0.6 is 12.4 Å². The molecule has 2 N–H and O–H groups in total. The van der Waals surface area contributed by atoms with Crippen LogP contribution in [-0.2, 0) is 4.79 Å². The normalized spacial score (nSPS) is 17.5. The molecule has 7 nitrogen and oxygen atoms in total. The zero-order valence-corrected chi connectivity index (χ0v) is 13.3. The van der Waals surface area contributed by atoms with Crippen LogP contribution in [0.15, 0.2) is 24.3 Å². The number of nitro groups is 1. The van der Waals surface area contributed by atoms with E-state index in [-0.39, 0.29) is 30.0 Å². The number of amides is 1. The Bertz CT molecular complexity index is 527. The SMILES string of the molecule is C[C@@H]1CNCCN1C(=O)CCNc1ccccc1[N+](=O)[O-].Cl. The van der Waals surface area contributed by atoms with Crippen molar-refractivity contribution in [2.24, 2.45) is 0 Å². The van der Waals surface area contributed by atoms with Crippen molar-refractivity contribution in [3.8, 4) is 0 Å². The summed E-state index contributed by atoms with van der Waals surface area (Å²) in [5.41, 5.74) is 0.476. The summed E-state index contributed by atoms with van der Waals surface area (Å²) in [6, 6.07) is 6.64. The van der Waals surface area contributed by atoms with E-state index in [1.807, 2.05) is 11.8 Å². The van der Waals surface area contributed by atoms with Gasteiger partial charge in [-0.2, -0.15) is 0 Å². The highest BCUT2D eigenvalue weighted by Crippen LogP contribution is 2.22. The van der Waals surface area contributed by atoms with E-state index in [4.69, 9.17) is 0 Å². The van der Waals surface area contributed by atoms with Crippen LogP contribution in [0.2, 0.25) is 0 Å². The molecule has 1 aliphatic rings. The average Bonchev–Trinajstić information content (AvgIpc) is 2.48. The minimum Gasteiger partial charge on any atom is -0.379 e. The fourth-order valence-corrected chi connectivity index (χ4v) is 2.44. The van der Waals surface area contributed by atoms with E-state index in [2.05, 4.69) is 10.6 Å². The molecule has 0 radical (unpaired) electrons. The number of carbonyl (C=O) groups excluding carboxylic acids is 1. The molecule has 22 heavy (non-hydrogen) atoms. The number of hydrogen-bond acceptors (Lipinski definition) is 5. The second kappa shape index (κ2) is 8.55. The van der Waals surface area contributed by atoms with Crippen molar-refractivity contribution in [2.45, 2.75) is 19.4 Å². The van der Waals surface area contributed by atoms with Crippen molar-refractivity contribution >= 4 is 29.7 Å². The fraction of sp³-hybridized carbons (Fsp3) is 0.500.